The van der Waals surface area contributed by atoms with Gasteiger partial charge in [-0.25, -0.2) is 18.6 Å². The Kier molecular flexibility index (Phi) is 4.11. The molecular formula is C13H9F2NO2S. The maximum atomic E-state index is 13.4. The molecule has 0 saturated carbocycles. The van der Waals surface area contributed by atoms with Crippen molar-refractivity contribution in [3.8, 4) is 0 Å². The van der Waals surface area contributed by atoms with E-state index in [1.54, 1.807) is 12.1 Å². The zero-order valence-electron chi connectivity index (χ0n) is 9.64. The number of benzene rings is 1. The van der Waals surface area contributed by atoms with E-state index in [1.165, 1.54) is 6.07 Å². The highest BCUT2D eigenvalue weighted by Gasteiger charge is 2.08. The molecule has 1 N–H and O–H groups in total. The van der Waals surface area contributed by atoms with Crippen molar-refractivity contribution in [1.29, 1.82) is 0 Å². The maximum absolute atomic E-state index is 13.4. The molecule has 1 aromatic carbocycles. The number of aromatic nitrogens is 1. The van der Waals surface area contributed by atoms with Gasteiger partial charge in [0.25, 0.3) is 0 Å². The summed E-state index contributed by atoms with van der Waals surface area (Å²) in [6.45, 7) is 0. The molecule has 1 heterocycles. The highest BCUT2D eigenvalue weighted by atomic mass is 32.2. The number of carboxylic acid groups (broad SMARTS) is 1. The van der Waals surface area contributed by atoms with Crippen molar-refractivity contribution in [2.75, 3.05) is 0 Å². The Bertz CT molecular complexity index is 619. The zero-order chi connectivity index (χ0) is 13.8. The minimum Gasteiger partial charge on any atom is -0.477 e. The van der Waals surface area contributed by atoms with Crippen LogP contribution in [0, 0.1) is 11.6 Å². The van der Waals surface area contributed by atoms with E-state index in [1.807, 2.05) is 0 Å². The van der Waals surface area contributed by atoms with Gasteiger partial charge < -0.3 is 5.11 Å². The van der Waals surface area contributed by atoms with Crippen LogP contribution < -0.4 is 0 Å². The van der Waals surface area contributed by atoms with Gasteiger partial charge in [-0.2, -0.15) is 0 Å². The first-order valence-corrected chi connectivity index (χ1v) is 6.32. The molecule has 0 unspecified atom stereocenters. The predicted octanol–water partition coefficient (Wildman–Crippen LogP) is 3.35. The molecule has 0 fully saturated rings. The van der Waals surface area contributed by atoms with E-state index in [0.29, 0.717) is 5.69 Å². The van der Waals surface area contributed by atoms with Gasteiger partial charge in [-0.1, -0.05) is 6.07 Å². The normalized spacial score (nSPS) is 10.4. The number of hydrogen-bond acceptors (Lipinski definition) is 3. The van der Waals surface area contributed by atoms with Gasteiger partial charge in [0.1, 0.15) is 17.3 Å². The molecule has 0 spiro atoms. The first kappa shape index (κ1) is 13.5. The van der Waals surface area contributed by atoms with Crippen molar-refractivity contribution in [2.45, 2.75) is 10.6 Å². The lowest BCUT2D eigenvalue weighted by Gasteiger charge is -2.04. The number of carbonyl (C=O) groups is 1. The number of halogens is 2. The number of nitrogens with zero attached hydrogens (tertiary/aromatic N) is 1. The van der Waals surface area contributed by atoms with Gasteiger partial charge in [0.05, 0.1) is 5.69 Å². The van der Waals surface area contributed by atoms with Gasteiger partial charge in [-0.15, -0.1) is 11.8 Å². The molecular weight excluding hydrogens is 272 g/mol. The summed E-state index contributed by atoms with van der Waals surface area (Å²) in [6, 6.07) is 7.77. The summed E-state index contributed by atoms with van der Waals surface area (Å²) in [7, 11) is 0. The van der Waals surface area contributed by atoms with Gasteiger partial charge in [0, 0.05) is 10.6 Å². The van der Waals surface area contributed by atoms with Crippen molar-refractivity contribution in [3.63, 3.8) is 0 Å². The van der Waals surface area contributed by atoms with Gasteiger partial charge in [0.15, 0.2) is 0 Å². The topological polar surface area (TPSA) is 50.2 Å². The van der Waals surface area contributed by atoms with Crippen LogP contribution >= 0.6 is 11.8 Å². The average Bonchev–Trinajstić information content (AvgIpc) is 2.40. The quantitative estimate of drug-likeness (QED) is 0.873. The second-order valence-corrected chi connectivity index (χ2v) is 4.70. The molecule has 0 aliphatic carbocycles. The molecule has 0 bridgehead atoms. The molecule has 0 aliphatic rings. The van der Waals surface area contributed by atoms with Crippen molar-refractivity contribution < 1.29 is 18.7 Å². The lowest BCUT2D eigenvalue weighted by molar-refractivity contribution is 0.0690. The van der Waals surface area contributed by atoms with Gasteiger partial charge in [-0.05, 0) is 30.3 Å². The van der Waals surface area contributed by atoms with Crippen molar-refractivity contribution in [3.05, 3.63) is 59.4 Å². The number of aromatic carboxylic acids is 1. The first-order valence-electron chi connectivity index (χ1n) is 5.33. The van der Waals surface area contributed by atoms with E-state index in [9.17, 15) is 13.6 Å². The summed E-state index contributed by atoms with van der Waals surface area (Å²) in [5.74, 6) is -1.89. The number of thioether (sulfide) groups is 1. The molecule has 0 atom stereocenters. The van der Waals surface area contributed by atoms with E-state index in [0.717, 1.165) is 30.0 Å². The molecule has 98 valence electrons. The lowest BCUT2D eigenvalue weighted by Crippen LogP contribution is -2.01. The Morgan fingerprint density at radius 2 is 2.05 bits per heavy atom. The van der Waals surface area contributed by atoms with Crippen molar-refractivity contribution in [2.24, 2.45) is 0 Å². The Morgan fingerprint density at radius 1 is 1.26 bits per heavy atom. The fraction of sp³-hybridized carbons (Fsp3) is 0.0769. The largest absolute Gasteiger partial charge is 0.477 e. The van der Waals surface area contributed by atoms with E-state index in [4.69, 9.17) is 5.11 Å². The smallest absolute Gasteiger partial charge is 0.354 e. The lowest BCUT2D eigenvalue weighted by atomic mass is 10.3. The summed E-state index contributed by atoms with van der Waals surface area (Å²) < 4.78 is 26.3. The molecule has 3 nitrogen and oxygen atoms in total. The predicted molar refractivity (Wildman–Crippen MR) is 67.1 cm³/mol. The highest BCUT2D eigenvalue weighted by Crippen LogP contribution is 2.25. The molecule has 2 aromatic rings. The zero-order valence-corrected chi connectivity index (χ0v) is 10.5. The SMILES string of the molecule is O=C(O)c1cccc(CSc2cc(F)ccc2F)n1. The fourth-order valence-corrected chi connectivity index (χ4v) is 2.28. The summed E-state index contributed by atoms with van der Waals surface area (Å²) in [6.07, 6.45) is 0. The van der Waals surface area contributed by atoms with Crippen LogP contribution in [-0.4, -0.2) is 16.1 Å². The van der Waals surface area contributed by atoms with Gasteiger partial charge in [0.2, 0.25) is 0 Å². The Hall–Kier alpha value is -1.95. The number of pyridine rings is 1. The third kappa shape index (κ3) is 3.51. The van der Waals surface area contributed by atoms with Crippen molar-refractivity contribution in [1.82, 2.24) is 4.98 Å². The van der Waals surface area contributed by atoms with Gasteiger partial charge in [-0.3, -0.25) is 0 Å². The standard InChI is InChI=1S/C13H9F2NO2S/c14-8-4-5-10(15)12(6-8)19-7-9-2-1-3-11(16-9)13(17)18/h1-6H,7H2,(H,17,18). The summed E-state index contributed by atoms with van der Waals surface area (Å²) in [4.78, 5) is 14.8. The summed E-state index contributed by atoms with van der Waals surface area (Å²) in [5, 5.41) is 8.80. The molecule has 0 radical (unpaired) electrons. The Morgan fingerprint density at radius 3 is 2.79 bits per heavy atom. The third-order valence-electron chi connectivity index (χ3n) is 2.29. The Labute approximate surface area is 112 Å². The van der Waals surface area contributed by atoms with E-state index >= 15 is 0 Å². The molecule has 6 heteroatoms. The maximum Gasteiger partial charge on any atom is 0.354 e. The van der Waals surface area contributed by atoms with Crippen LogP contribution in [-0.2, 0) is 5.75 Å². The second kappa shape index (κ2) is 5.79. The van der Waals surface area contributed by atoms with Crippen LogP contribution in [0.15, 0.2) is 41.3 Å². The molecule has 0 saturated heterocycles. The van der Waals surface area contributed by atoms with Crippen LogP contribution in [0.3, 0.4) is 0 Å². The minimum absolute atomic E-state index is 0.0715. The van der Waals surface area contributed by atoms with Crippen LogP contribution in [0.4, 0.5) is 8.78 Å². The first-order chi connectivity index (χ1) is 9.06. The summed E-state index contributed by atoms with van der Waals surface area (Å²) >= 11 is 1.06. The number of carboxylic acids is 1. The molecule has 1 aromatic heterocycles. The van der Waals surface area contributed by atoms with E-state index in [-0.39, 0.29) is 16.3 Å². The average molecular weight is 281 g/mol. The number of hydrogen-bond donors (Lipinski definition) is 1. The second-order valence-electron chi connectivity index (χ2n) is 3.68. The molecule has 0 amide bonds. The fourth-order valence-electron chi connectivity index (χ4n) is 1.42. The molecule has 0 aliphatic heterocycles. The summed E-state index contributed by atoms with van der Waals surface area (Å²) in [5.41, 5.74) is 0.423. The van der Waals surface area contributed by atoms with Crippen LogP contribution in [0.5, 0.6) is 0 Å². The van der Waals surface area contributed by atoms with Crippen LogP contribution in [0.1, 0.15) is 16.2 Å². The van der Waals surface area contributed by atoms with E-state index in [2.05, 4.69) is 4.98 Å². The van der Waals surface area contributed by atoms with Crippen molar-refractivity contribution >= 4 is 17.7 Å². The van der Waals surface area contributed by atoms with Crippen LogP contribution in [0.25, 0.3) is 0 Å². The van der Waals surface area contributed by atoms with E-state index < -0.39 is 17.6 Å². The Balaban J connectivity index is 2.12. The molecule has 2 rings (SSSR count). The third-order valence-corrected chi connectivity index (χ3v) is 3.36. The number of rotatable bonds is 4. The monoisotopic (exact) mass is 281 g/mol. The molecule has 19 heavy (non-hydrogen) atoms. The van der Waals surface area contributed by atoms with Gasteiger partial charge >= 0.3 is 5.97 Å². The minimum atomic E-state index is -1.12. The highest BCUT2D eigenvalue weighted by molar-refractivity contribution is 7.98. The van der Waals surface area contributed by atoms with Crippen LogP contribution in [0.2, 0.25) is 0 Å².